The first-order valence-electron chi connectivity index (χ1n) is 5.83. The summed E-state index contributed by atoms with van der Waals surface area (Å²) in [6.45, 7) is 1.20. The zero-order valence-corrected chi connectivity index (χ0v) is 11.3. The molecule has 0 fully saturated rings. The fourth-order valence-electron chi connectivity index (χ4n) is 1.64. The van der Waals surface area contributed by atoms with Gasteiger partial charge in [0.1, 0.15) is 12.0 Å². The molecule has 1 aromatic heterocycles. The first kappa shape index (κ1) is 15.6. The summed E-state index contributed by atoms with van der Waals surface area (Å²) in [7, 11) is 3.37. The van der Waals surface area contributed by atoms with Gasteiger partial charge in [-0.3, -0.25) is 10.1 Å². The maximum atomic E-state index is 10.7. The average molecular weight is 283 g/mol. The number of methoxy groups -OCH3 is 1. The Hall–Kier alpha value is -2.42. The van der Waals surface area contributed by atoms with Crippen LogP contribution in [0.1, 0.15) is 12.0 Å². The van der Waals surface area contributed by atoms with Crippen LogP contribution in [-0.2, 0) is 4.74 Å². The van der Waals surface area contributed by atoms with E-state index in [0.29, 0.717) is 19.0 Å². The van der Waals surface area contributed by atoms with Crippen LogP contribution in [0.25, 0.3) is 0 Å². The molecule has 3 N–H and O–H groups in total. The summed E-state index contributed by atoms with van der Waals surface area (Å²) in [5.41, 5.74) is 5.53. The van der Waals surface area contributed by atoms with Crippen molar-refractivity contribution in [2.45, 2.75) is 6.42 Å². The molecule has 0 amide bonds. The Bertz CT molecular complexity index is 506. The summed E-state index contributed by atoms with van der Waals surface area (Å²) in [5, 5.41) is 22.4. The largest absolute Gasteiger partial charge is 0.409 e. The van der Waals surface area contributed by atoms with Gasteiger partial charge in [0.2, 0.25) is 0 Å². The van der Waals surface area contributed by atoms with Crippen molar-refractivity contribution in [3.05, 3.63) is 27.9 Å². The minimum Gasteiger partial charge on any atom is -0.409 e. The number of nitrogens with two attached hydrogens (primary N) is 1. The average Bonchev–Trinajstić information content (AvgIpc) is 2.45. The van der Waals surface area contributed by atoms with Crippen LogP contribution >= 0.6 is 0 Å². The molecule has 1 heterocycles. The number of nitro groups is 1. The molecule has 0 radical (unpaired) electrons. The SMILES string of the molecule is COCCCN(C)c1ncc([N+](=O)[O-])cc1C(N)=NO. The Balaban J connectivity index is 3.08. The van der Waals surface area contributed by atoms with Crippen molar-refractivity contribution in [2.24, 2.45) is 10.9 Å². The van der Waals surface area contributed by atoms with Crippen molar-refractivity contribution in [3.63, 3.8) is 0 Å². The monoisotopic (exact) mass is 283 g/mol. The third-order valence-electron chi connectivity index (χ3n) is 2.65. The van der Waals surface area contributed by atoms with Crippen molar-refractivity contribution in [3.8, 4) is 0 Å². The minimum atomic E-state index is -0.587. The van der Waals surface area contributed by atoms with Crippen molar-refractivity contribution >= 4 is 17.3 Å². The van der Waals surface area contributed by atoms with Crippen LogP contribution in [0.2, 0.25) is 0 Å². The lowest BCUT2D eigenvalue weighted by Crippen LogP contribution is -2.25. The normalized spacial score (nSPS) is 11.4. The number of oxime groups is 1. The quantitative estimate of drug-likeness (QED) is 0.187. The molecule has 1 rings (SSSR count). The molecule has 0 aliphatic heterocycles. The maximum absolute atomic E-state index is 10.7. The molecular weight excluding hydrogens is 266 g/mol. The van der Waals surface area contributed by atoms with Crippen molar-refractivity contribution in [1.29, 1.82) is 0 Å². The number of rotatable bonds is 7. The molecule has 0 aromatic carbocycles. The molecule has 0 aliphatic rings. The van der Waals surface area contributed by atoms with Gasteiger partial charge in [-0.1, -0.05) is 5.16 Å². The molecule has 110 valence electrons. The number of anilines is 1. The van der Waals surface area contributed by atoms with Gasteiger partial charge < -0.3 is 20.6 Å². The summed E-state index contributed by atoms with van der Waals surface area (Å²) >= 11 is 0. The van der Waals surface area contributed by atoms with Crippen LogP contribution in [0, 0.1) is 10.1 Å². The van der Waals surface area contributed by atoms with E-state index in [2.05, 4.69) is 10.1 Å². The van der Waals surface area contributed by atoms with Gasteiger partial charge in [0, 0.05) is 33.4 Å². The number of nitrogens with zero attached hydrogens (tertiary/aromatic N) is 4. The highest BCUT2D eigenvalue weighted by molar-refractivity contribution is 6.01. The second kappa shape index (κ2) is 7.24. The van der Waals surface area contributed by atoms with E-state index in [1.165, 1.54) is 6.07 Å². The Morgan fingerprint density at radius 2 is 2.40 bits per heavy atom. The lowest BCUT2D eigenvalue weighted by Gasteiger charge is -2.20. The van der Waals surface area contributed by atoms with Gasteiger partial charge in [-0.25, -0.2) is 4.98 Å². The van der Waals surface area contributed by atoms with Gasteiger partial charge in [0.05, 0.1) is 10.5 Å². The molecule has 9 heteroatoms. The van der Waals surface area contributed by atoms with Crippen LogP contribution in [-0.4, -0.2) is 48.3 Å². The Morgan fingerprint density at radius 1 is 1.70 bits per heavy atom. The molecular formula is C11H17N5O4. The molecule has 0 saturated carbocycles. The number of ether oxygens (including phenoxy) is 1. The molecule has 1 aromatic rings. The number of hydrogen-bond acceptors (Lipinski definition) is 7. The first-order valence-corrected chi connectivity index (χ1v) is 5.83. The summed E-state index contributed by atoms with van der Waals surface area (Å²) in [6.07, 6.45) is 1.89. The van der Waals surface area contributed by atoms with E-state index in [1.54, 1.807) is 19.1 Å². The van der Waals surface area contributed by atoms with E-state index in [9.17, 15) is 10.1 Å². The van der Waals surface area contributed by atoms with Crippen LogP contribution in [0.3, 0.4) is 0 Å². The zero-order chi connectivity index (χ0) is 15.1. The highest BCUT2D eigenvalue weighted by Crippen LogP contribution is 2.21. The summed E-state index contributed by atoms with van der Waals surface area (Å²) in [5.74, 6) is 0.178. The van der Waals surface area contributed by atoms with E-state index < -0.39 is 4.92 Å². The number of hydrogen-bond donors (Lipinski definition) is 2. The van der Waals surface area contributed by atoms with E-state index in [1.807, 2.05) is 0 Å². The van der Waals surface area contributed by atoms with E-state index in [4.69, 9.17) is 15.7 Å². The lowest BCUT2D eigenvalue weighted by molar-refractivity contribution is -0.385. The van der Waals surface area contributed by atoms with Gasteiger partial charge in [-0.2, -0.15) is 0 Å². The maximum Gasteiger partial charge on any atom is 0.288 e. The van der Waals surface area contributed by atoms with Crippen molar-refractivity contribution in [2.75, 3.05) is 32.2 Å². The van der Waals surface area contributed by atoms with Crippen LogP contribution in [0.5, 0.6) is 0 Å². The van der Waals surface area contributed by atoms with Crippen molar-refractivity contribution in [1.82, 2.24) is 4.98 Å². The fourth-order valence-corrected chi connectivity index (χ4v) is 1.64. The van der Waals surface area contributed by atoms with Gasteiger partial charge >= 0.3 is 0 Å². The molecule has 0 bridgehead atoms. The molecule has 0 atom stereocenters. The van der Waals surface area contributed by atoms with Gasteiger partial charge in [0.15, 0.2) is 5.84 Å². The first-order chi connectivity index (χ1) is 9.51. The predicted molar refractivity (Wildman–Crippen MR) is 73.2 cm³/mol. The summed E-state index contributed by atoms with van der Waals surface area (Å²) < 4.78 is 4.95. The highest BCUT2D eigenvalue weighted by atomic mass is 16.6. The summed E-state index contributed by atoms with van der Waals surface area (Å²) in [4.78, 5) is 15.9. The molecule has 0 spiro atoms. The second-order valence-electron chi connectivity index (χ2n) is 4.07. The molecule has 0 unspecified atom stereocenters. The van der Waals surface area contributed by atoms with E-state index in [0.717, 1.165) is 12.6 Å². The minimum absolute atomic E-state index is 0.210. The van der Waals surface area contributed by atoms with Crippen LogP contribution < -0.4 is 10.6 Å². The smallest absolute Gasteiger partial charge is 0.288 e. The third-order valence-corrected chi connectivity index (χ3v) is 2.65. The zero-order valence-electron chi connectivity index (χ0n) is 11.3. The molecule has 0 saturated heterocycles. The number of amidine groups is 1. The molecule has 20 heavy (non-hydrogen) atoms. The topological polar surface area (TPSA) is 127 Å². The van der Waals surface area contributed by atoms with Gasteiger partial charge in [0.25, 0.3) is 5.69 Å². The van der Waals surface area contributed by atoms with E-state index in [-0.39, 0.29) is 17.1 Å². The fraction of sp³-hybridized carbons (Fsp3) is 0.455. The van der Waals surface area contributed by atoms with Crippen LogP contribution in [0.15, 0.2) is 17.4 Å². The Kier molecular flexibility index (Phi) is 5.66. The van der Waals surface area contributed by atoms with Gasteiger partial charge in [-0.05, 0) is 6.42 Å². The second-order valence-corrected chi connectivity index (χ2v) is 4.07. The lowest BCUT2D eigenvalue weighted by atomic mass is 10.2. The van der Waals surface area contributed by atoms with Gasteiger partial charge in [-0.15, -0.1) is 0 Å². The van der Waals surface area contributed by atoms with E-state index >= 15 is 0 Å². The molecule has 9 nitrogen and oxygen atoms in total. The number of pyridine rings is 1. The highest BCUT2D eigenvalue weighted by Gasteiger charge is 2.18. The van der Waals surface area contributed by atoms with Crippen LogP contribution in [0.4, 0.5) is 11.5 Å². The standard InChI is InChI=1S/C11H17N5O4/c1-15(4-3-5-20-2)11-9(10(12)14-17)6-8(7-13-11)16(18)19/h6-7,17H,3-5H2,1-2H3,(H2,12,14). The molecule has 0 aliphatic carbocycles. The Morgan fingerprint density at radius 3 is 2.95 bits per heavy atom. The summed E-state index contributed by atoms with van der Waals surface area (Å²) in [6, 6.07) is 1.23. The van der Waals surface area contributed by atoms with Crippen molar-refractivity contribution < 1.29 is 14.9 Å². The predicted octanol–water partition coefficient (Wildman–Crippen LogP) is 0.557. The number of aromatic nitrogens is 1. The Labute approximate surface area is 115 Å². The third kappa shape index (κ3) is 3.79.